The lowest BCUT2D eigenvalue weighted by Gasteiger charge is -2.32. The summed E-state index contributed by atoms with van der Waals surface area (Å²) in [6.45, 7) is 1.12. The summed E-state index contributed by atoms with van der Waals surface area (Å²) in [7, 11) is 0. The maximum atomic E-state index is 13.5. The predicted octanol–water partition coefficient (Wildman–Crippen LogP) is 3.21. The summed E-state index contributed by atoms with van der Waals surface area (Å²) in [5.74, 6) is -1.77. The zero-order valence-corrected chi connectivity index (χ0v) is 11.4. The van der Waals surface area contributed by atoms with Gasteiger partial charge in [-0.1, -0.05) is 22.0 Å². The van der Waals surface area contributed by atoms with E-state index in [0.29, 0.717) is 19.0 Å². The molecule has 0 saturated carbocycles. The molecule has 1 aliphatic heterocycles. The van der Waals surface area contributed by atoms with E-state index in [2.05, 4.69) is 15.9 Å². The van der Waals surface area contributed by atoms with Gasteiger partial charge in [-0.25, -0.2) is 8.78 Å². The fraction of sp³-hybridized carbons (Fsp3) is 0.462. The number of hydrogen-bond donors (Lipinski definition) is 0. The van der Waals surface area contributed by atoms with E-state index in [1.165, 1.54) is 11.0 Å². The molecule has 98 valence electrons. The number of alkyl halides is 1. The van der Waals surface area contributed by atoms with E-state index < -0.39 is 23.1 Å². The highest BCUT2D eigenvalue weighted by Crippen LogP contribution is 2.22. The van der Waals surface area contributed by atoms with E-state index in [9.17, 15) is 13.6 Å². The Bertz CT molecular complexity index is 432. The predicted molar refractivity (Wildman–Crippen MR) is 68.8 cm³/mol. The quantitative estimate of drug-likeness (QED) is 0.767. The Labute approximate surface area is 113 Å². The van der Waals surface area contributed by atoms with Crippen LogP contribution in [-0.4, -0.2) is 29.2 Å². The van der Waals surface area contributed by atoms with Crippen molar-refractivity contribution in [3.05, 3.63) is 35.4 Å². The summed E-state index contributed by atoms with van der Waals surface area (Å²) in [6, 6.07) is 3.49. The minimum Gasteiger partial charge on any atom is -0.338 e. The largest absolute Gasteiger partial charge is 0.338 e. The topological polar surface area (TPSA) is 20.3 Å². The SMILES string of the molecule is O=C(c1c(F)cccc1F)N1CCCC(CBr)C1. The summed E-state index contributed by atoms with van der Waals surface area (Å²) in [5, 5.41) is 0.802. The van der Waals surface area contributed by atoms with Crippen LogP contribution in [0.25, 0.3) is 0 Å². The number of halogens is 3. The van der Waals surface area contributed by atoms with Crippen molar-refractivity contribution in [2.24, 2.45) is 5.92 Å². The van der Waals surface area contributed by atoms with Crippen molar-refractivity contribution in [2.75, 3.05) is 18.4 Å². The maximum absolute atomic E-state index is 13.5. The van der Waals surface area contributed by atoms with E-state index in [-0.39, 0.29) is 0 Å². The van der Waals surface area contributed by atoms with Crippen molar-refractivity contribution in [3.63, 3.8) is 0 Å². The van der Waals surface area contributed by atoms with Gasteiger partial charge in [0.25, 0.3) is 5.91 Å². The number of carbonyl (C=O) groups is 1. The van der Waals surface area contributed by atoms with Gasteiger partial charge in [0.15, 0.2) is 0 Å². The number of nitrogens with zero attached hydrogens (tertiary/aromatic N) is 1. The molecule has 1 fully saturated rings. The fourth-order valence-corrected chi connectivity index (χ4v) is 2.76. The average Bonchev–Trinajstić information content (AvgIpc) is 2.38. The van der Waals surface area contributed by atoms with Gasteiger partial charge in [-0.2, -0.15) is 0 Å². The highest BCUT2D eigenvalue weighted by molar-refractivity contribution is 9.09. The van der Waals surface area contributed by atoms with E-state index >= 15 is 0 Å². The first kappa shape index (κ1) is 13.5. The van der Waals surface area contributed by atoms with Gasteiger partial charge in [0.05, 0.1) is 0 Å². The van der Waals surface area contributed by atoms with E-state index in [4.69, 9.17) is 0 Å². The molecule has 2 nitrogen and oxygen atoms in total. The van der Waals surface area contributed by atoms with Gasteiger partial charge in [0.1, 0.15) is 17.2 Å². The molecule has 0 aromatic heterocycles. The van der Waals surface area contributed by atoms with Crippen molar-refractivity contribution in [1.82, 2.24) is 4.90 Å². The third-order valence-electron chi connectivity index (χ3n) is 3.20. The van der Waals surface area contributed by atoms with Crippen molar-refractivity contribution in [3.8, 4) is 0 Å². The summed E-state index contributed by atoms with van der Waals surface area (Å²) in [6.07, 6.45) is 1.91. The first-order valence-corrected chi connectivity index (χ1v) is 7.05. The number of rotatable bonds is 2. The van der Waals surface area contributed by atoms with Crippen LogP contribution in [0.4, 0.5) is 8.78 Å². The Morgan fingerprint density at radius 1 is 1.39 bits per heavy atom. The van der Waals surface area contributed by atoms with E-state index in [0.717, 1.165) is 30.3 Å². The van der Waals surface area contributed by atoms with Gasteiger partial charge in [-0.15, -0.1) is 0 Å². The Kier molecular flexibility index (Phi) is 4.32. The number of carbonyl (C=O) groups excluding carboxylic acids is 1. The molecule has 0 N–H and O–H groups in total. The van der Waals surface area contributed by atoms with Crippen LogP contribution in [0, 0.1) is 17.6 Å². The summed E-state index contributed by atoms with van der Waals surface area (Å²) in [4.78, 5) is 13.7. The molecular formula is C13H14BrF2NO. The number of benzene rings is 1. The van der Waals surface area contributed by atoms with Gasteiger partial charge in [-0.3, -0.25) is 4.79 Å². The second kappa shape index (κ2) is 5.78. The maximum Gasteiger partial charge on any atom is 0.259 e. The lowest BCUT2D eigenvalue weighted by Crippen LogP contribution is -2.41. The second-order valence-electron chi connectivity index (χ2n) is 4.51. The molecule has 5 heteroatoms. The molecule has 18 heavy (non-hydrogen) atoms. The van der Waals surface area contributed by atoms with Crippen LogP contribution in [0.3, 0.4) is 0 Å². The van der Waals surface area contributed by atoms with Crippen LogP contribution in [0.5, 0.6) is 0 Å². The van der Waals surface area contributed by atoms with Gasteiger partial charge in [0, 0.05) is 18.4 Å². The smallest absolute Gasteiger partial charge is 0.259 e. The molecule has 1 atom stereocenters. The minimum atomic E-state index is -0.791. The molecular weight excluding hydrogens is 304 g/mol. The highest BCUT2D eigenvalue weighted by Gasteiger charge is 2.27. The molecule has 1 aromatic rings. The van der Waals surface area contributed by atoms with Crippen molar-refractivity contribution in [2.45, 2.75) is 12.8 Å². The monoisotopic (exact) mass is 317 g/mol. The fourth-order valence-electron chi connectivity index (χ4n) is 2.24. The minimum absolute atomic E-state index is 0.359. The lowest BCUT2D eigenvalue weighted by atomic mass is 9.99. The standard InChI is InChI=1S/C13H14BrF2NO/c14-7-9-3-2-6-17(8-9)13(18)12-10(15)4-1-5-11(12)16/h1,4-5,9H,2-3,6-8H2. The zero-order valence-electron chi connectivity index (χ0n) is 9.83. The highest BCUT2D eigenvalue weighted by atomic mass is 79.9. The zero-order chi connectivity index (χ0) is 13.1. The van der Waals surface area contributed by atoms with Gasteiger partial charge in [0.2, 0.25) is 0 Å². The Hall–Kier alpha value is -0.970. The van der Waals surface area contributed by atoms with Crippen LogP contribution >= 0.6 is 15.9 Å². The van der Waals surface area contributed by atoms with Crippen LogP contribution in [0.2, 0.25) is 0 Å². The number of likely N-dealkylation sites (tertiary alicyclic amines) is 1. The van der Waals surface area contributed by atoms with Crippen molar-refractivity contribution < 1.29 is 13.6 Å². The van der Waals surface area contributed by atoms with Crippen molar-refractivity contribution >= 4 is 21.8 Å². The number of piperidine rings is 1. The van der Waals surface area contributed by atoms with Crippen LogP contribution < -0.4 is 0 Å². The summed E-state index contributed by atoms with van der Waals surface area (Å²) < 4.78 is 27.1. The van der Waals surface area contributed by atoms with Gasteiger partial charge in [-0.05, 0) is 30.9 Å². The van der Waals surface area contributed by atoms with Gasteiger partial charge < -0.3 is 4.90 Å². The molecule has 0 bridgehead atoms. The molecule has 1 aliphatic rings. The molecule has 1 saturated heterocycles. The summed E-state index contributed by atoms with van der Waals surface area (Å²) >= 11 is 3.39. The molecule has 0 aliphatic carbocycles. The molecule has 1 heterocycles. The third kappa shape index (κ3) is 2.71. The molecule has 0 spiro atoms. The van der Waals surface area contributed by atoms with Gasteiger partial charge >= 0.3 is 0 Å². The first-order chi connectivity index (χ1) is 8.63. The lowest BCUT2D eigenvalue weighted by molar-refractivity contribution is 0.0676. The first-order valence-electron chi connectivity index (χ1n) is 5.92. The Balaban J connectivity index is 2.20. The molecule has 1 unspecified atom stereocenters. The van der Waals surface area contributed by atoms with Crippen LogP contribution in [-0.2, 0) is 0 Å². The normalized spacial score (nSPS) is 19.9. The van der Waals surface area contributed by atoms with E-state index in [1.807, 2.05) is 0 Å². The summed E-state index contributed by atoms with van der Waals surface area (Å²) in [5.41, 5.74) is -0.437. The number of amides is 1. The molecule has 0 radical (unpaired) electrons. The number of hydrogen-bond acceptors (Lipinski definition) is 1. The average molecular weight is 318 g/mol. The second-order valence-corrected chi connectivity index (χ2v) is 5.16. The van der Waals surface area contributed by atoms with Crippen LogP contribution in [0.15, 0.2) is 18.2 Å². The van der Waals surface area contributed by atoms with Crippen LogP contribution in [0.1, 0.15) is 23.2 Å². The molecule has 1 amide bonds. The third-order valence-corrected chi connectivity index (χ3v) is 4.12. The van der Waals surface area contributed by atoms with E-state index in [1.54, 1.807) is 0 Å². The Morgan fingerprint density at radius 2 is 2.06 bits per heavy atom. The molecule has 2 rings (SSSR count). The Morgan fingerprint density at radius 3 is 2.67 bits per heavy atom. The van der Waals surface area contributed by atoms with Crippen molar-refractivity contribution in [1.29, 1.82) is 0 Å². The molecule has 1 aromatic carbocycles.